The maximum atomic E-state index is 12.0. The van der Waals surface area contributed by atoms with Crippen LogP contribution in [0.15, 0.2) is 10.6 Å². The van der Waals surface area contributed by atoms with Crippen LogP contribution < -0.4 is 5.32 Å². The van der Waals surface area contributed by atoms with Gasteiger partial charge in [-0.1, -0.05) is 5.16 Å². The number of likely N-dealkylation sites (N-methyl/N-ethyl adjacent to an activating group) is 1. The summed E-state index contributed by atoms with van der Waals surface area (Å²) in [5.74, 6) is 0.581. The van der Waals surface area contributed by atoms with Crippen molar-refractivity contribution in [3.63, 3.8) is 0 Å². The van der Waals surface area contributed by atoms with Crippen LogP contribution >= 0.6 is 0 Å². The predicted molar refractivity (Wildman–Crippen MR) is 71.9 cm³/mol. The minimum atomic E-state index is -0.807. The molecule has 1 fully saturated rings. The standard InChI is InChI=1S/C13H20N4O3/c1-9-7-10(15-20-9)8-16(4)5-6-17-11(18)13(2,3)14-12(17)19/h7H,5-6,8H2,1-4H3,(H,14,19). The highest BCUT2D eigenvalue weighted by molar-refractivity contribution is 6.06. The Kier molecular flexibility index (Phi) is 3.80. The van der Waals surface area contributed by atoms with Gasteiger partial charge in [-0.05, 0) is 27.8 Å². The predicted octanol–water partition coefficient (Wildman–Crippen LogP) is 0.745. The van der Waals surface area contributed by atoms with Crippen LogP contribution in [-0.2, 0) is 11.3 Å². The van der Waals surface area contributed by atoms with Gasteiger partial charge in [0.2, 0.25) is 0 Å². The molecule has 0 atom stereocenters. The summed E-state index contributed by atoms with van der Waals surface area (Å²) in [6.45, 7) is 6.81. The second kappa shape index (κ2) is 5.24. The van der Waals surface area contributed by atoms with Gasteiger partial charge in [-0.25, -0.2) is 4.79 Å². The second-order valence-corrected chi connectivity index (χ2v) is 5.68. The molecular weight excluding hydrogens is 260 g/mol. The Balaban J connectivity index is 1.86. The fourth-order valence-electron chi connectivity index (χ4n) is 2.14. The largest absolute Gasteiger partial charge is 0.361 e. The first-order chi connectivity index (χ1) is 9.29. The zero-order chi connectivity index (χ0) is 14.9. The molecule has 0 bridgehead atoms. The minimum absolute atomic E-state index is 0.187. The number of urea groups is 1. The van der Waals surface area contributed by atoms with Gasteiger partial charge >= 0.3 is 6.03 Å². The average Bonchev–Trinajstić information content (AvgIpc) is 2.81. The van der Waals surface area contributed by atoms with Crippen molar-refractivity contribution in [1.82, 2.24) is 20.3 Å². The Hall–Kier alpha value is -1.89. The van der Waals surface area contributed by atoms with Crippen LogP contribution in [0.2, 0.25) is 0 Å². The summed E-state index contributed by atoms with van der Waals surface area (Å²) in [5, 5.41) is 6.57. The van der Waals surface area contributed by atoms with Crippen molar-refractivity contribution in [2.24, 2.45) is 0 Å². The summed E-state index contributed by atoms with van der Waals surface area (Å²) in [7, 11) is 1.91. The normalized spacial score (nSPS) is 17.9. The number of carbonyl (C=O) groups excluding carboxylic acids is 2. The number of hydrogen-bond donors (Lipinski definition) is 1. The van der Waals surface area contributed by atoms with Gasteiger partial charge in [-0.15, -0.1) is 0 Å². The molecule has 20 heavy (non-hydrogen) atoms. The fourth-order valence-corrected chi connectivity index (χ4v) is 2.14. The fraction of sp³-hybridized carbons (Fsp3) is 0.615. The van der Waals surface area contributed by atoms with Gasteiger partial charge in [-0.2, -0.15) is 0 Å². The molecule has 2 rings (SSSR count). The van der Waals surface area contributed by atoms with Crippen LogP contribution in [0.4, 0.5) is 4.79 Å². The SMILES string of the molecule is Cc1cc(CN(C)CCN2C(=O)NC(C)(C)C2=O)no1. The van der Waals surface area contributed by atoms with E-state index >= 15 is 0 Å². The van der Waals surface area contributed by atoms with Gasteiger partial charge in [-0.3, -0.25) is 14.6 Å². The molecule has 1 saturated heterocycles. The molecular formula is C13H20N4O3. The number of nitrogens with zero attached hydrogens (tertiary/aromatic N) is 3. The Morgan fingerprint density at radius 2 is 2.15 bits per heavy atom. The molecule has 3 amide bonds. The van der Waals surface area contributed by atoms with E-state index in [1.807, 2.05) is 24.9 Å². The molecule has 110 valence electrons. The topological polar surface area (TPSA) is 78.7 Å². The smallest absolute Gasteiger partial charge is 0.325 e. The lowest BCUT2D eigenvalue weighted by Crippen LogP contribution is -2.41. The van der Waals surface area contributed by atoms with Crippen molar-refractivity contribution in [1.29, 1.82) is 0 Å². The average molecular weight is 280 g/mol. The number of carbonyl (C=O) groups is 2. The first-order valence-electron chi connectivity index (χ1n) is 6.54. The maximum Gasteiger partial charge on any atom is 0.325 e. The molecule has 0 radical (unpaired) electrons. The van der Waals surface area contributed by atoms with E-state index in [-0.39, 0.29) is 11.9 Å². The molecule has 0 saturated carbocycles. The zero-order valence-electron chi connectivity index (χ0n) is 12.3. The van der Waals surface area contributed by atoms with Crippen LogP contribution in [0.5, 0.6) is 0 Å². The number of imide groups is 1. The maximum absolute atomic E-state index is 12.0. The van der Waals surface area contributed by atoms with Crippen molar-refractivity contribution < 1.29 is 14.1 Å². The number of nitrogens with one attached hydrogen (secondary N) is 1. The zero-order valence-corrected chi connectivity index (χ0v) is 12.3. The molecule has 0 aliphatic carbocycles. The Morgan fingerprint density at radius 1 is 1.45 bits per heavy atom. The summed E-state index contributed by atoms with van der Waals surface area (Å²) in [6, 6.07) is 1.54. The lowest BCUT2D eigenvalue weighted by Gasteiger charge is -2.20. The molecule has 7 heteroatoms. The van der Waals surface area contributed by atoms with Crippen LogP contribution in [0.1, 0.15) is 25.3 Å². The third kappa shape index (κ3) is 2.98. The highest BCUT2D eigenvalue weighted by Gasteiger charge is 2.43. The van der Waals surface area contributed by atoms with Gasteiger partial charge in [0.1, 0.15) is 11.3 Å². The molecule has 1 N–H and O–H groups in total. The van der Waals surface area contributed by atoms with Crippen LogP contribution in [0.25, 0.3) is 0 Å². The van der Waals surface area contributed by atoms with E-state index in [0.717, 1.165) is 11.5 Å². The number of amides is 3. The third-order valence-electron chi connectivity index (χ3n) is 3.26. The van der Waals surface area contributed by atoms with Crippen LogP contribution in [0.3, 0.4) is 0 Å². The third-order valence-corrected chi connectivity index (χ3v) is 3.26. The van der Waals surface area contributed by atoms with Gasteiger partial charge in [0.15, 0.2) is 0 Å². The molecule has 0 unspecified atom stereocenters. The van der Waals surface area contributed by atoms with E-state index in [9.17, 15) is 9.59 Å². The molecule has 1 aromatic heterocycles. The van der Waals surface area contributed by atoms with Crippen molar-refractivity contribution in [2.45, 2.75) is 32.9 Å². The van der Waals surface area contributed by atoms with Crippen molar-refractivity contribution >= 4 is 11.9 Å². The minimum Gasteiger partial charge on any atom is -0.361 e. The Morgan fingerprint density at radius 3 is 2.65 bits per heavy atom. The lowest BCUT2D eigenvalue weighted by molar-refractivity contribution is -0.130. The summed E-state index contributed by atoms with van der Waals surface area (Å²) < 4.78 is 5.00. The quantitative estimate of drug-likeness (QED) is 0.805. The lowest BCUT2D eigenvalue weighted by atomic mass is 10.1. The van der Waals surface area contributed by atoms with E-state index in [1.165, 1.54) is 4.90 Å². The molecule has 0 aromatic carbocycles. The number of rotatable bonds is 5. The molecule has 1 aliphatic rings. The molecule has 2 heterocycles. The summed E-state index contributed by atoms with van der Waals surface area (Å²) in [5.41, 5.74) is 0.0290. The second-order valence-electron chi connectivity index (χ2n) is 5.68. The molecule has 1 aliphatic heterocycles. The summed E-state index contributed by atoms with van der Waals surface area (Å²) >= 11 is 0. The van der Waals surface area contributed by atoms with Gasteiger partial charge in [0.25, 0.3) is 5.91 Å². The number of aromatic nitrogens is 1. The number of hydrogen-bond acceptors (Lipinski definition) is 5. The van der Waals surface area contributed by atoms with Crippen LogP contribution in [-0.4, -0.2) is 52.6 Å². The van der Waals surface area contributed by atoms with E-state index in [0.29, 0.717) is 19.6 Å². The summed E-state index contributed by atoms with van der Waals surface area (Å²) in [6.07, 6.45) is 0. The van der Waals surface area contributed by atoms with E-state index in [2.05, 4.69) is 10.5 Å². The number of aryl methyl sites for hydroxylation is 1. The summed E-state index contributed by atoms with van der Waals surface area (Å²) in [4.78, 5) is 27.0. The van der Waals surface area contributed by atoms with Crippen molar-refractivity contribution in [3.05, 3.63) is 17.5 Å². The highest BCUT2D eigenvalue weighted by Crippen LogP contribution is 2.16. The van der Waals surface area contributed by atoms with E-state index < -0.39 is 5.54 Å². The first kappa shape index (κ1) is 14.5. The Bertz CT molecular complexity index is 523. The van der Waals surface area contributed by atoms with E-state index in [4.69, 9.17) is 4.52 Å². The van der Waals surface area contributed by atoms with Crippen molar-refractivity contribution in [2.75, 3.05) is 20.1 Å². The first-order valence-corrected chi connectivity index (χ1v) is 6.54. The molecule has 7 nitrogen and oxygen atoms in total. The van der Waals surface area contributed by atoms with Crippen LogP contribution in [0, 0.1) is 6.92 Å². The molecule has 1 aromatic rings. The van der Waals surface area contributed by atoms with Gasteiger partial charge in [0, 0.05) is 25.7 Å². The Labute approximate surface area is 117 Å². The molecule has 0 spiro atoms. The van der Waals surface area contributed by atoms with Crippen molar-refractivity contribution in [3.8, 4) is 0 Å². The van der Waals surface area contributed by atoms with Gasteiger partial charge < -0.3 is 9.84 Å². The van der Waals surface area contributed by atoms with E-state index in [1.54, 1.807) is 13.8 Å². The highest BCUT2D eigenvalue weighted by atomic mass is 16.5. The van der Waals surface area contributed by atoms with Gasteiger partial charge in [0.05, 0.1) is 5.69 Å². The monoisotopic (exact) mass is 280 g/mol.